The molecule has 1 rings (SSSR count). The quantitative estimate of drug-likeness (QED) is 0.475. The van der Waals surface area contributed by atoms with Gasteiger partial charge in [0.25, 0.3) is 0 Å². The number of carbonyl (C=O) groups excluding carboxylic acids is 1. The zero-order chi connectivity index (χ0) is 14.8. The second kappa shape index (κ2) is 7.50. The summed E-state index contributed by atoms with van der Waals surface area (Å²) in [5, 5.41) is -0.513. The van der Waals surface area contributed by atoms with Crippen molar-refractivity contribution in [3.05, 3.63) is 22.8 Å². The molecule has 3 nitrogen and oxygen atoms in total. The standard InChI is InChI=1S/C15H23O3P.Li.H/c1-7-15(4,19)14(16)11-12(17-5)9(2)8-10(3)13(11)18-6;;/h8H,7,19H2,1-6H3;;. The normalized spacial score (nSPS) is 13.2. The van der Waals surface area contributed by atoms with Crippen molar-refractivity contribution in [1.29, 1.82) is 0 Å². The van der Waals surface area contributed by atoms with Crippen LogP contribution >= 0.6 is 9.24 Å². The van der Waals surface area contributed by atoms with Crippen LogP contribution in [0, 0.1) is 13.8 Å². The SMILES string of the molecule is CCC(C)(P)C(=O)c1c(OC)c(C)cc(C)c1OC.[LiH]. The average Bonchev–Trinajstić information content (AvgIpc) is 2.37. The summed E-state index contributed by atoms with van der Waals surface area (Å²) in [4.78, 5) is 12.8. The van der Waals surface area contributed by atoms with Gasteiger partial charge in [0, 0.05) is 5.16 Å². The molecular formula is C15H24LiO3P. The molecule has 0 aliphatic carbocycles. The van der Waals surface area contributed by atoms with Gasteiger partial charge in [0.15, 0.2) is 5.78 Å². The fourth-order valence-corrected chi connectivity index (χ4v) is 2.28. The van der Waals surface area contributed by atoms with Crippen LogP contribution in [0.2, 0.25) is 0 Å². The molecule has 0 amide bonds. The molecule has 108 valence electrons. The molecule has 0 saturated heterocycles. The van der Waals surface area contributed by atoms with Crippen LogP contribution in [0.5, 0.6) is 11.5 Å². The summed E-state index contributed by atoms with van der Waals surface area (Å²) < 4.78 is 10.8. The Bertz CT molecular complexity index is 470. The van der Waals surface area contributed by atoms with Crippen LogP contribution in [-0.2, 0) is 0 Å². The summed E-state index contributed by atoms with van der Waals surface area (Å²) in [6, 6.07) is 1.97. The Balaban J connectivity index is 0.00000361. The van der Waals surface area contributed by atoms with Crippen molar-refractivity contribution in [3.8, 4) is 11.5 Å². The van der Waals surface area contributed by atoms with Gasteiger partial charge in [0.05, 0.1) is 14.2 Å². The molecule has 2 atom stereocenters. The molecule has 0 aliphatic rings. The summed E-state index contributed by atoms with van der Waals surface area (Å²) in [6.07, 6.45) is 0.732. The molecule has 5 heteroatoms. The molecule has 0 heterocycles. The molecule has 0 saturated carbocycles. The Morgan fingerprint density at radius 3 is 1.90 bits per heavy atom. The Hall–Kier alpha value is -0.483. The molecule has 0 spiro atoms. The summed E-state index contributed by atoms with van der Waals surface area (Å²) in [5.41, 5.74) is 2.43. The molecule has 2 unspecified atom stereocenters. The molecular weight excluding hydrogens is 266 g/mol. The zero-order valence-corrected chi connectivity index (χ0v) is 13.7. The molecule has 1 aromatic carbocycles. The number of ether oxygens (including phenoxy) is 2. The van der Waals surface area contributed by atoms with Crippen molar-refractivity contribution in [1.82, 2.24) is 0 Å². The van der Waals surface area contributed by atoms with Gasteiger partial charge in [-0.25, -0.2) is 0 Å². The molecule has 0 aromatic heterocycles. The van der Waals surface area contributed by atoms with Crippen molar-refractivity contribution >= 4 is 33.9 Å². The molecule has 0 fully saturated rings. The van der Waals surface area contributed by atoms with Crippen molar-refractivity contribution in [2.45, 2.75) is 39.3 Å². The molecule has 0 radical (unpaired) electrons. The maximum atomic E-state index is 12.8. The number of benzene rings is 1. The fourth-order valence-electron chi connectivity index (χ4n) is 2.13. The van der Waals surface area contributed by atoms with Gasteiger partial charge in [0.1, 0.15) is 17.1 Å². The van der Waals surface area contributed by atoms with Crippen LogP contribution in [0.15, 0.2) is 6.07 Å². The monoisotopic (exact) mass is 290 g/mol. The van der Waals surface area contributed by atoms with Crippen molar-refractivity contribution < 1.29 is 14.3 Å². The first-order valence-electron chi connectivity index (χ1n) is 6.36. The van der Waals surface area contributed by atoms with E-state index >= 15 is 0 Å². The number of Topliss-reactive ketones (excluding diaryl/α,β-unsaturated/α-hetero) is 1. The first-order chi connectivity index (χ1) is 8.80. The van der Waals surface area contributed by atoms with Crippen LogP contribution in [0.4, 0.5) is 0 Å². The van der Waals surface area contributed by atoms with Gasteiger partial charge in [-0.05, 0) is 44.4 Å². The number of ketones is 1. The number of hydrogen-bond acceptors (Lipinski definition) is 3. The number of rotatable bonds is 5. The third kappa shape index (κ3) is 3.58. The third-order valence-electron chi connectivity index (χ3n) is 3.49. The first kappa shape index (κ1) is 19.5. The van der Waals surface area contributed by atoms with Crippen molar-refractivity contribution in [3.63, 3.8) is 0 Å². The second-order valence-corrected chi connectivity index (χ2v) is 6.33. The number of methoxy groups -OCH3 is 2. The van der Waals surface area contributed by atoms with Crippen LogP contribution in [0.25, 0.3) is 0 Å². The van der Waals surface area contributed by atoms with E-state index in [9.17, 15) is 4.79 Å². The van der Waals surface area contributed by atoms with Gasteiger partial charge in [-0.2, -0.15) is 0 Å². The van der Waals surface area contributed by atoms with Gasteiger partial charge < -0.3 is 9.47 Å². The Morgan fingerprint density at radius 2 is 1.60 bits per heavy atom. The molecule has 0 bridgehead atoms. The fraction of sp³-hybridized carbons (Fsp3) is 0.533. The predicted molar refractivity (Wildman–Crippen MR) is 88.9 cm³/mol. The summed E-state index contributed by atoms with van der Waals surface area (Å²) in [5.74, 6) is 1.24. The third-order valence-corrected chi connectivity index (χ3v) is 4.16. The number of hydrogen-bond donors (Lipinski definition) is 0. The summed E-state index contributed by atoms with van der Waals surface area (Å²) in [6.45, 7) is 7.78. The van der Waals surface area contributed by atoms with E-state index in [0.717, 1.165) is 17.5 Å². The second-order valence-electron chi connectivity index (χ2n) is 5.05. The van der Waals surface area contributed by atoms with Gasteiger partial charge in [-0.15, -0.1) is 9.24 Å². The van der Waals surface area contributed by atoms with E-state index in [2.05, 4.69) is 9.24 Å². The van der Waals surface area contributed by atoms with E-state index in [4.69, 9.17) is 9.47 Å². The first-order valence-corrected chi connectivity index (χ1v) is 6.93. The Morgan fingerprint density at radius 1 is 1.20 bits per heavy atom. The van der Waals surface area contributed by atoms with E-state index in [1.165, 1.54) is 0 Å². The predicted octanol–water partition coefficient (Wildman–Crippen LogP) is 2.90. The average molecular weight is 290 g/mol. The molecule has 1 aromatic rings. The van der Waals surface area contributed by atoms with Gasteiger partial charge in [-0.1, -0.05) is 6.92 Å². The summed E-state index contributed by atoms with van der Waals surface area (Å²) >= 11 is 0. The van der Waals surface area contributed by atoms with E-state index in [1.807, 2.05) is 33.8 Å². The van der Waals surface area contributed by atoms with Crippen LogP contribution in [-0.4, -0.2) is 44.0 Å². The number of carbonyl (C=O) groups is 1. The topological polar surface area (TPSA) is 35.5 Å². The molecule has 20 heavy (non-hydrogen) atoms. The number of aryl methyl sites for hydroxylation is 2. The van der Waals surface area contributed by atoms with E-state index in [-0.39, 0.29) is 24.6 Å². The minimum absolute atomic E-state index is 0. The zero-order valence-electron chi connectivity index (χ0n) is 12.6. The van der Waals surface area contributed by atoms with Crippen LogP contribution < -0.4 is 9.47 Å². The molecule has 0 N–H and O–H groups in total. The Kier molecular flexibility index (Phi) is 7.32. The van der Waals surface area contributed by atoms with Crippen LogP contribution in [0.3, 0.4) is 0 Å². The molecule has 0 aliphatic heterocycles. The van der Waals surface area contributed by atoms with E-state index in [1.54, 1.807) is 14.2 Å². The van der Waals surface area contributed by atoms with Crippen LogP contribution in [0.1, 0.15) is 41.8 Å². The van der Waals surface area contributed by atoms with E-state index in [0.29, 0.717) is 17.1 Å². The summed E-state index contributed by atoms with van der Waals surface area (Å²) in [7, 11) is 5.80. The van der Waals surface area contributed by atoms with Gasteiger partial charge in [-0.3, -0.25) is 4.79 Å². The Labute approximate surface area is 136 Å². The van der Waals surface area contributed by atoms with Crippen molar-refractivity contribution in [2.24, 2.45) is 0 Å². The minimum atomic E-state index is -0.513. The van der Waals surface area contributed by atoms with E-state index < -0.39 is 5.16 Å². The van der Waals surface area contributed by atoms with Crippen molar-refractivity contribution in [2.75, 3.05) is 14.2 Å². The van der Waals surface area contributed by atoms with Gasteiger partial charge >= 0.3 is 18.9 Å². The van der Waals surface area contributed by atoms with Gasteiger partial charge in [0.2, 0.25) is 0 Å². The maximum absolute atomic E-state index is 12.8.